The maximum atomic E-state index is 12.4. The van der Waals surface area contributed by atoms with E-state index in [0.29, 0.717) is 6.42 Å². The Balaban J connectivity index is 3.02. The smallest absolute Gasteiger partial charge is 0.334 e. The molecule has 1 aliphatic heterocycles. The Hall–Kier alpha value is -3.49. The Labute approximate surface area is 173 Å². The van der Waals surface area contributed by atoms with Crippen LogP contribution in [0.25, 0.3) is 0 Å². The molecule has 0 aromatic heterocycles. The van der Waals surface area contributed by atoms with Crippen LogP contribution in [0.5, 0.6) is 0 Å². The molecule has 9 nitrogen and oxygen atoms in total. The monoisotopic (exact) mass is 416 g/mol. The lowest BCUT2D eigenvalue weighted by molar-refractivity contribution is -0.385. The van der Waals surface area contributed by atoms with Crippen molar-refractivity contribution in [1.29, 1.82) is 0 Å². The predicted octanol–water partition coefficient (Wildman–Crippen LogP) is 3.25. The number of carboxylic acid groups (broad SMARTS) is 2. The highest BCUT2D eigenvalue weighted by Crippen LogP contribution is 2.50. The average molecular weight is 416 g/mol. The minimum Gasteiger partial charge on any atom is -0.478 e. The third-order valence-electron chi connectivity index (χ3n) is 5.37. The molecule has 2 N–H and O–H groups in total. The summed E-state index contributed by atoms with van der Waals surface area (Å²) in [6.45, 7) is 5.98. The first-order valence-electron chi connectivity index (χ1n) is 9.40. The van der Waals surface area contributed by atoms with Gasteiger partial charge in [0, 0.05) is 23.5 Å². The van der Waals surface area contributed by atoms with Crippen molar-refractivity contribution in [2.45, 2.75) is 46.0 Å². The van der Waals surface area contributed by atoms with E-state index in [1.807, 2.05) is 0 Å². The van der Waals surface area contributed by atoms with Crippen LogP contribution in [-0.2, 0) is 19.8 Å². The molecule has 0 atom stereocenters. The van der Waals surface area contributed by atoms with Gasteiger partial charge in [-0.05, 0) is 32.8 Å². The van der Waals surface area contributed by atoms with Crippen molar-refractivity contribution >= 4 is 23.4 Å². The predicted molar refractivity (Wildman–Crippen MR) is 108 cm³/mol. The lowest BCUT2D eigenvalue weighted by atomic mass is 9.63. The van der Waals surface area contributed by atoms with Gasteiger partial charge in [-0.2, -0.15) is 0 Å². The van der Waals surface area contributed by atoms with E-state index >= 15 is 0 Å². The summed E-state index contributed by atoms with van der Waals surface area (Å²) in [5.74, 6) is -2.94. The number of ketones is 1. The molecule has 0 bridgehead atoms. The molecule has 160 valence electrons. The van der Waals surface area contributed by atoms with E-state index in [4.69, 9.17) is 0 Å². The van der Waals surface area contributed by atoms with E-state index in [0.717, 1.165) is 0 Å². The molecule has 1 heterocycles. The van der Waals surface area contributed by atoms with E-state index in [-0.39, 0.29) is 52.5 Å². The molecule has 0 saturated heterocycles. The van der Waals surface area contributed by atoms with Gasteiger partial charge in [-0.1, -0.05) is 25.5 Å². The molecule has 0 radical (unpaired) electrons. The minimum absolute atomic E-state index is 0.111. The normalized spacial score (nSPS) is 15.9. The molecule has 9 heteroatoms. The molecule has 1 aromatic rings. The van der Waals surface area contributed by atoms with Gasteiger partial charge in [0.15, 0.2) is 0 Å². The van der Waals surface area contributed by atoms with Crippen LogP contribution in [0.1, 0.15) is 46.1 Å². The van der Waals surface area contributed by atoms with Gasteiger partial charge in [-0.15, -0.1) is 0 Å². The van der Waals surface area contributed by atoms with Crippen molar-refractivity contribution in [1.82, 2.24) is 4.90 Å². The molecule has 0 saturated carbocycles. The van der Waals surface area contributed by atoms with Crippen LogP contribution < -0.4 is 0 Å². The quantitative estimate of drug-likeness (QED) is 0.486. The van der Waals surface area contributed by atoms with Crippen LogP contribution >= 0.6 is 0 Å². The fourth-order valence-electron chi connectivity index (χ4n) is 4.34. The van der Waals surface area contributed by atoms with Crippen LogP contribution in [0.2, 0.25) is 0 Å². The van der Waals surface area contributed by atoms with Gasteiger partial charge in [0.05, 0.1) is 28.0 Å². The molecular formula is C21H24N2O7. The molecule has 30 heavy (non-hydrogen) atoms. The number of Topliss-reactive ketones (excluding diaryl/α,β-unsaturated/α-hetero) is 1. The number of benzene rings is 1. The first kappa shape index (κ1) is 22.8. The second-order valence-corrected chi connectivity index (χ2v) is 7.28. The number of aliphatic carboxylic acids is 2. The number of carbonyl (C=O) groups is 3. The van der Waals surface area contributed by atoms with Crippen molar-refractivity contribution in [3.63, 3.8) is 0 Å². The molecule has 1 aromatic carbocycles. The molecule has 0 aliphatic carbocycles. The van der Waals surface area contributed by atoms with Gasteiger partial charge < -0.3 is 15.1 Å². The molecule has 2 rings (SSSR count). The summed E-state index contributed by atoms with van der Waals surface area (Å²) in [5.41, 5.74) is -1.59. The maximum Gasteiger partial charge on any atom is 0.334 e. The molecule has 0 spiro atoms. The average Bonchev–Trinajstić information content (AvgIpc) is 2.64. The second-order valence-electron chi connectivity index (χ2n) is 7.28. The summed E-state index contributed by atoms with van der Waals surface area (Å²) in [4.78, 5) is 48.8. The third kappa shape index (κ3) is 3.70. The van der Waals surface area contributed by atoms with Crippen LogP contribution in [-0.4, -0.2) is 44.3 Å². The first-order chi connectivity index (χ1) is 14.0. The standard InChI is InChI=1S/C21H24N2O7/c1-5-9-21(15-7-6-8-16(10-15)23(29)30)17(19(25)26)13(3)22(11-12(2)24)14(4)18(21)20(27)28/h6-8,10H,5,9,11H2,1-4H3,(H,25,26)(H,27,28). The van der Waals surface area contributed by atoms with Gasteiger partial charge in [0.2, 0.25) is 0 Å². The summed E-state index contributed by atoms with van der Waals surface area (Å²) < 4.78 is 0. The highest BCUT2D eigenvalue weighted by atomic mass is 16.6. The number of nitro groups is 1. The second kappa shape index (κ2) is 8.48. The van der Waals surface area contributed by atoms with Gasteiger partial charge in [0.1, 0.15) is 5.78 Å². The topological polar surface area (TPSA) is 138 Å². The van der Waals surface area contributed by atoms with Crippen molar-refractivity contribution in [3.05, 3.63) is 62.5 Å². The van der Waals surface area contributed by atoms with E-state index in [1.165, 1.54) is 49.9 Å². The number of non-ortho nitro benzene ring substituents is 1. The van der Waals surface area contributed by atoms with Crippen LogP contribution in [0.3, 0.4) is 0 Å². The third-order valence-corrected chi connectivity index (χ3v) is 5.37. The van der Waals surface area contributed by atoms with Crippen LogP contribution in [0.15, 0.2) is 46.8 Å². The Morgan fingerprint density at radius 3 is 2.03 bits per heavy atom. The summed E-state index contributed by atoms with van der Waals surface area (Å²) >= 11 is 0. The lowest BCUT2D eigenvalue weighted by Gasteiger charge is -2.44. The van der Waals surface area contributed by atoms with Crippen LogP contribution in [0, 0.1) is 10.1 Å². The Bertz CT molecular complexity index is 953. The fourth-order valence-corrected chi connectivity index (χ4v) is 4.34. The number of nitrogens with zero attached hydrogens (tertiary/aromatic N) is 2. The highest BCUT2D eigenvalue weighted by molar-refractivity contribution is 6.01. The minimum atomic E-state index is -1.61. The van der Waals surface area contributed by atoms with Gasteiger partial charge in [-0.25, -0.2) is 9.59 Å². The van der Waals surface area contributed by atoms with Crippen LogP contribution in [0.4, 0.5) is 5.69 Å². The zero-order chi connectivity index (χ0) is 22.8. The van der Waals surface area contributed by atoms with Gasteiger partial charge in [0.25, 0.3) is 5.69 Å². The lowest BCUT2D eigenvalue weighted by Crippen LogP contribution is -2.46. The summed E-state index contributed by atoms with van der Waals surface area (Å²) in [7, 11) is 0. The van der Waals surface area contributed by atoms with E-state index in [9.17, 15) is 34.7 Å². The van der Waals surface area contributed by atoms with Gasteiger partial charge >= 0.3 is 11.9 Å². The number of hydrogen-bond acceptors (Lipinski definition) is 6. The zero-order valence-corrected chi connectivity index (χ0v) is 17.3. The first-order valence-corrected chi connectivity index (χ1v) is 9.40. The number of allylic oxidation sites excluding steroid dienone is 2. The summed E-state index contributed by atoms with van der Waals surface area (Å²) in [5, 5.41) is 31.6. The molecule has 1 aliphatic rings. The number of carbonyl (C=O) groups excluding carboxylic acids is 1. The largest absolute Gasteiger partial charge is 0.478 e. The van der Waals surface area contributed by atoms with Gasteiger partial charge in [-0.3, -0.25) is 14.9 Å². The molecule has 0 fully saturated rings. The van der Waals surface area contributed by atoms with E-state index in [1.54, 1.807) is 6.92 Å². The van der Waals surface area contributed by atoms with E-state index < -0.39 is 22.3 Å². The Morgan fingerprint density at radius 2 is 1.63 bits per heavy atom. The zero-order valence-electron chi connectivity index (χ0n) is 17.3. The maximum absolute atomic E-state index is 12.4. The highest BCUT2D eigenvalue weighted by Gasteiger charge is 2.51. The van der Waals surface area contributed by atoms with Crippen molar-refractivity contribution in [2.24, 2.45) is 0 Å². The SMILES string of the molecule is CCCC1(c2cccc([N+](=O)[O-])c2)C(C(=O)O)=C(C)N(CC(C)=O)C(C)=C1C(=O)O. The molecule has 0 amide bonds. The van der Waals surface area contributed by atoms with E-state index in [2.05, 4.69) is 0 Å². The summed E-state index contributed by atoms with van der Waals surface area (Å²) in [6, 6.07) is 5.41. The number of rotatable bonds is 8. The Morgan fingerprint density at radius 1 is 1.10 bits per heavy atom. The fraction of sp³-hybridized carbons (Fsp3) is 0.381. The van der Waals surface area contributed by atoms with Crippen molar-refractivity contribution in [2.75, 3.05) is 6.54 Å². The Kier molecular flexibility index (Phi) is 6.44. The molecule has 0 unspecified atom stereocenters. The number of nitro benzene ring substituents is 1. The molecular weight excluding hydrogens is 392 g/mol. The van der Waals surface area contributed by atoms with Crippen molar-refractivity contribution in [3.8, 4) is 0 Å². The van der Waals surface area contributed by atoms with Crippen molar-refractivity contribution < 1.29 is 29.5 Å². The number of hydrogen-bond donors (Lipinski definition) is 2. The summed E-state index contributed by atoms with van der Waals surface area (Å²) in [6.07, 6.45) is 0.531. The number of carboxylic acids is 2.